The number of hydrogen-bond acceptors (Lipinski definition) is 4. The first-order valence-electron chi connectivity index (χ1n) is 8.14. The van der Waals surface area contributed by atoms with Crippen LogP contribution in [0.4, 0.5) is 0 Å². The van der Waals surface area contributed by atoms with E-state index < -0.39 is 5.97 Å². The third-order valence-electron chi connectivity index (χ3n) is 3.57. The lowest BCUT2D eigenvalue weighted by Crippen LogP contribution is -2.35. The summed E-state index contributed by atoms with van der Waals surface area (Å²) in [6.07, 6.45) is 6.60. The number of aryl methyl sites for hydroxylation is 2. The summed E-state index contributed by atoms with van der Waals surface area (Å²) in [5.74, 6) is -0.671. The summed E-state index contributed by atoms with van der Waals surface area (Å²) in [6, 6.07) is 7.86. The first kappa shape index (κ1) is 18.4. The molecule has 2 aromatic rings. The second-order valence-electron chi connectivity index (χ2n) is 5.77. The van der Waals surface area contributed by atoms with Crippen LogP contribution in [0.5, 0.6) is 0 Å². The van der Waals surface area contributed by atoms with Crippen LogP contribution in [0.25, 0.3) is 6.08 Å². The molecule has 0 aliphatic carbocycles. The monoisotopic (exact) mass is 341 g/mol. The number of ether oxygens (including phenoxy) is 1. The van der Waals surface area contributed by atoms with Gasteiger partial charge in [0.15, 0.2) is 0 Å². The topological polar surface area (TPSA) is 64.4 Å². The van der Waals surface area contributed by atoms with Gasteiger partial charge in [-0.05, 0) is 25.5 Å². The Morgan fingerprint density at radius 1 is 1.28 bits per heavy atom. The molecule has 0 atom stereocenters. The summed E-state index contributed by atoms with van der Waals surface area (Å²) >= 11 is 0. The zero-order valence-corrected chi connectivity index (χ0v) is 14.8. The van der Waals surface area contributed by atoms with Crippen molar-refractivity contribution in [3.8, 4) is 0 Å². The molecule has 0 N–H and O–H groups in total. The van der Waals surface area contributed by atoms with Crippen LogP contribution >= 0.6 is 0 Å². The fourth-order valence-electron chi connectivity index (χ4n) is 2.29. The molecule has 132 valence electrons. The van der Waals surface area contributed by atoms with E-state index in [0.717, 1.165) is 16.7 Å². The zero-order chi connectivity index (χ0) is 18.2. The molecular formula is C19H23N3O3. The van der Waals surface area contributed by atoms with Gasteiger partial charge in [-0.3, -0.25) is 14.3 Å². The first-order chi connectivity index (χ1) is 12.0. The molecule has 0 spiro atoms. The fraction of sp³-hybridized carbons (Fsp3) is 0.316. The molecule has 0 fully saturated rings. The maximum Gasteiger partial charge on any atom is 0.325 e. The number of carbonyl (C=O) groups is 2. The van der Waals surface area contributed by atoms with Gasteiger partial charge >= 0.3 is 5.97 Å². The Kier molecular flexibility index (Phi) is 6.51. The molecule has 25 heavy (non-hydrogen) atoms. The van der Waals surface area contributed by atoms with Gasteiger partial charge in [0.2, 0.25) is 5.91 Å². The maximum absolute atomic E-state index is 12.5. The number of esters is 1. The maximum atomic E-state index is 12.5. The van der Waals surface area contributed by atoms with E-state index in [-0.39, 0.29) is 19.1 Å². The van der Waals surface area contributed by atoms with Crippen molar-refractivity contribution in [1.82, 2.24) is 14.7 Å². The van der Waals surface area contributed by atoms with E-state index in [2.05, 4.69) is 5.10 Å². The predicted octanol–water partition coefficient (Wildman–Crippen LogP) is 2.33. The van der Waals surface area contributed by atoms with Crippen molar-refractivity contribution in [2.75, 3.05) is 13.2 Å². The van der Waals surface area contributed by atoms with Gasteiger partial charge in [0.05, 0.1) is 12.8 Å². The molecule has 0 saturated heterocycles. The van der Waals surface area contributed by atoms with Crippen molar-refractivity contribution in [3.05, 3.63) is 59.4 Å². The van der Waals surface area contributed by atoms with Crippen molar-refractivity contribution in [1.29, 1.82) is 0 Å². The van der Waals surface area contributed by atoms with E-state index >= 15 is 0 Å². The Labute approximate surface area is 147 Å². The molecule has 0 radical (unpaired) electrons. The van der Waals surface area contributed by atoms with Crippen LogP contribution in [0.3, 0.4) is 0 Å². The Balaban J connectivity index is 2.11. The molecular weight excluding hydrogens is 318 g/mol. The van der Waals surface area contributed by atoms with E-state index in [1.54, 1.807) is 30.1 Å². The van der Waals surface area contributed by atoms with Gasteiger partial charge in [0, 0.05) is 31.4 Å². The van der Waals surface area contributed by atoms with Gasteiger partial charge < -0.3 is 9.64 Å². The molecule has 6 nitrogen and oxygen atoms in total. The highest BCUT2D eigenvalue weighted by Crippen LogP contribution is 2.09. The summed E-state index contributed by atoms with van der Waals surface area (Å²) in [5, 5.41) is 4.05. The Hall–Kier alpha value is -2.89. The number of carbonyl (C=O) groups excluding carboxylic acids is 2. The van der Waals surface area contributed by atoms with Crippen molar-refractivity contribution in [2.45, 2.75) is 20.4 Å². The highest BCUT2D eigenvalue weighted by atomic mass is 16.5. The molecule has 0 aliphatic rings. The average Bonchev–Trinajstić information content (AvgIpc) is 2.99. The molecule has 0 unspecified atom stereocenters. The molecule has 0 bridgehead atoms. The highest BCUT2D eigenvalue weighted by molar-refractivity contribution is 5.93. The lowest BCUT2D eigenvalue weighted by atomic mass is 10.1. The lowest BCUT2D eigenvalue weighted by molar-refractivity contribution is -0.148. The molecule has 2 rings (SSSR count). The van der Waals surface area contributed by atoms with Gasteiger partial charge in [-0.2, -0.15) is 5.10 Å². The van der Waals surface area contributed by atoms with Crippen LogP contribution in [0.1, 0.15) is 23.6 Å². The van der Waals surface area contributed by atoms with Crippen molar-refractivity contribution in [3.63, 3.8) is 0 Å². The Morgan fingerprint density at radius 2 is 2.00 bits per heavy atom. The number of nitrogens with zero attached hydrogens (tertiary/aromatic N) is 3. The molecule has 1 aromatic carbocycles. The number of amides is 1. The minimum absolute atomic E-state index is 0.0854. The van der Waals surface area contributed by atoms with Crippen molar-refractivity contribution >= 4 is 18.0 Å². The average molecular weight is 341 g/mol. The highest BCUT2D eigenvalue weighted by Gasteiger charge is 2.16. The van der Waals surface area contributed by atoms with E-state index in [9.17, 15) is 9.59 Å². The third kappa shape index (κ3) is 5.91. The summed E-state index contributed by atoms with van der Waals surface area (Å²) < 4.78 is 6.63. The molecule has 1 heterocycles. The summed E-state index contributed by atoms with van der Waals surface area (Å²) in [5.41, 5.74) is 2.92. The number of aromatic nitrogens is 2. The standard InChI is InChI=1S/C19H23N3O3/c1-4-25-19(24)14-22(13-16-7-5-15(2)6-8-16)18(23)10-9-17-11-20-21(3)12-17/h5-12H,4,13-14H2,1-3H3/b10-9-. The summed E-state index contributed by atoms with van der Waals surface area (Å²) in [4.78, 5) is 25.8. The minimum atomic E-state index is -0.419. The van der Waals surface area contributed by atoms with E-state index in [0.29, 0.717) is 6.54 Å². The van der Waals surface area contributed by atoms with E-state index in [1.165, 1.54) is 11.0 Å². The summed E-state index contributed by atoms with van der Waals surface area (Å²) in [7, 11) is 1.81. The quantitative estimate of drug-likeness (QED) is 0.573. The largest absolute Gasteiger partial charge is 0.465 e. The van der Waals surface area contributed by atoms with Crippen molar-refractivity contribution in [2.24, 2.45) is 7.05 Å². The molecule has 1 amide bonds. The van der Waals surface area contributed by atoms with E-state index in [4.69, 9.17) is 4.74 Å². The lowest BCUT2D eigenvalue weighted by Gasteiger charge is -2.20. The summed E-state index contributed by atoms with van der Waals surface area (Å²) in [6.45, 7) is 4.29. The SMILES string of the molecule is CCOC(=O)CN(Cc1ccc(C)cc1)C(=O)/C=C\c1cnn(C)c1. The van der Waals surface area contributed by atoms with Crippen LogP contribution in [0.15, 0.2) is 42.7 Å². The van der Waals surface area contributed by atoms with Gasteiger partial charge in [0.1, 0.15) is 6.54 Å². The van der Waals surface area contributed by atoms with Gasteiger partial charge in [-0.15, -0.1) is 0 Å². The van der Waals surface area contributed by atoms with E-state index in [1.807, 2.05) is 38.2 Å². The predicted molar refractivity (Wildman–Crippen MR) is 95.5 cm³/mol. The Bertz CT molecular complexity index is 748. The molecule has 6 heteroatoms. The normalized spacial score (nSPS) is 10.8. The molecule has 0 aliphatic heterocycles. The number of hydrogen-bond donors (Lipinski definition) is 0. The van der Waals surface area contributed by atoms with Crippen LogP contribution < -0.4 is 0 Å². The Morgan fingerprint density at radius 3 is 2.60 bits per heavy atom. The third-order valence-corrected chi connectivity index (χ3v) is 3.57. The molecule has 0 saturated carbocycles. The smallest absolute Gasteiger partial charge is 0.325 e. The van der Waals surface area contributed by atoms with Crippen LogP contribution in [-0.4, -0.2) is 39.7 Å². The second kappa shape index (κ2) is 8.82. The number of benzene rings is 1. The fourth-order valence-corrected chi connectivity index (χ4v) is 2.29. The van der Waals surface area contributed by atoms with Crippen LogP contribution in [0, 0.1) is 6.92 Å². The van der Waals surface area contributed by atoms with Gasteiger partial charge in [-0.1, -0.05) is 29.8 Å². The van der Waals surface area contributed by atoms with Crippen LogP contribution in [0.2, 0.25) is 0 Å². The molecule has 1 aromatic heterocycles. The van der Waals surface area contributed by atoms with Gasteiger partial charge in [0.25, 0.3) is 0 Å². The second-order valence-corrected chi connectivity index (χ2v) is 5.77. The van der Waals surface area contributed by atoms with Crippen LogP contribution in [-0.2, 0) is 27.9 Å². The first-order valence-corrected chi connectivity index (χ1v) is 8.14. The zero-order valence-electron chi connectivity index (χ0n) is 14.8. The number of rotatable bonds is 7. The minimum Gasteiger partial charge on any atom is -0.465 e. The van der Waals surface area contributed by atoms with Gasteiger partial charge in [-0.25, -0.2) is 0 Å². The van der Waals surface area contributed by atoms with Crippen molar-refractivity contribution < 1.29 is 14.3 Å².